The minimum atomic E-state index is 0. The largest absolute Gasteiger partial charge is 0.662 e. The molecule has 2 aliphatic rings. The third-order valence-electron chi connectivity index (χ3n) is 3.37. The number of hydrogen-bond acceptors (Lipinski definition) is 1. The van der Waals surface area contributed by atoms with Gasteiger partial charge in [-0.3, -0.25) is 4.99 Å². The number of fused-ring (bicyclic) bond motifs is 1. The number of piperidine rings is 1. The SMILES string of the molecule is CC.[Y].c1ccc2c(c1)CN=C2C1CC[N-]CC1. The fraction of sp³-hybridized carbons (Fsp3) is 0.533. The number of rotatable bonds is 1. The summed E-state index contributed by atoms with van der Waals surface area (Å²) in [6, 6.07) is 8.63. The van der Waals surface area contributed by atoms with Gasteiger partial charge in [0.25, 0.3) is 0 Å². The van der Waals surface area contributed by atoms with Crippen LogP contribution < -0.4 is 0 Å². The maximum atomic E-state index is 4.70. The van der Waals surface area contributed by atoms with E-state index in [1.807, 2.05) is 13.8 Å². The second kappa shape index (κ2) is 8.19. The van der Waals surface area contributed by atoms with E-state index in [1.165, 1.54) is 29.7 Å². The molecule has 0 unspecified atom stereocenters. The van der Waals surface area contributed by atoms with Gasteiger partial charge in [-0.1, -0.05) is 51.0 Å². The average molecular weight is 318 g/mol. The second-order valence-corrected chi connectivity index (χ2v) is 4.30. The minimum Gasteiger partial charge on any atom is -0.662 e. The van der Waals surface area contributed by atoms with Crippen molar-refractivity contribution in [3.63, 3.8) is 0 Å². The van der Waals surface area contributed by atoms with Gasteiger partial charge < -0.3 is 5.32 Å². The molecule has 0 N–H and O–H groups in total. The molecule has 0 amide bonds. The zero-order chi connectivity index (χ0) is 12.1. The van der Waals surface area contributed by atoms with Crippen molar-refractivity contribution in [3.8, 4) is 0 Å². The van der Waals surface area contributed by atoms with Crippen LogP contribution in [-0.4, -0.2) is 18.8 Å². The summed E-state index contributed by atoms with van der Waals surface area (Å²) in [7, 11) is 0. The van der Waals surface area contributed by atoms with Gasteiger partial charge in [0, 0.05) is 44.0 Å². The fourth-order valence-corrected chi connectivity index (χ4v) is 2.54. The van der Waals surface area contributed by atoms with Crippen LogP contribution in [0.2, 0.25) is 0 Å². The molecule has 3 heteroatoms. The predicted octanol–water partition coefficient (Wildman–Crippen LogP) is 3.80. The Kier molecular flexibility index (Phi) is 7.28. The topological polar surface area (TPSA) is 26.5 Å². The summed E-state index contributed by atoms with van der Waals surface area (Å²) in [5.41, 5.74) is 4.14. The van der Waals surface area contributed by atoms with Crippen molar-refractivity contribution in [1.29, 1.82) is 0 Å². The smallest absolute Gasteiger partial charge is 0.0649 e. The van der Waals surface area contributed by atoms with Crippen LogP contribution in [0.3, 0.4) is 0 Å². The van der Waals surface area contributed by atoms with Crippen LogP contribution in [0.25, 0.3) is 5.32 Å². The molecule has 95 valence electrons. The fourth-order valence-electron chi connectivity index (χ4n) is 2.54. The molecule has 2 aliphatic heterocycles. The summed E-state index contributed by atoms with van der Waals surface area (Å²) in [4.78, 5) is 4.70. The molecule has 1 fully saturated rings. The van der Waals surface area contributed by atoms with Crippen molar-refractivity contribution in [2.24, 2.45) is 10.9 Å². The summed E-state index contributed by atoms with van der Waals surface area (Å²) in [6.45, 7) is 6.93. The van der Waals surface area contributed by atoms with Gasteiger partial charge in [-0.15, -0.1) is 13.1 Å². The van der Waals surface area contributed by atoms with Crippen LogP contribution in [0, 0.1) is 5.92 Å². The Hall–Kier alpha value is -0.0461. The Morgan fingerprint density at radius 1 is 1.11 bits per heavy atom. The molecule has 18 heavy (non-hydrogen) atoms. The standard InChI is InChI=1S/C13H15N2.C2H6.Y/c1-2-4-12-11(3-1)9-15-13(12)10-5-7-14-8-6-10;1-2;/h1-4,10H,5-9H2;1-2H3;/q-1;;. The van der Waals surface area contributed by atoms with Crippen LogP contribution in [0.5, 0.6) is 0 Å². The van der Waals surface area contributed by atoms with E-state index in [4.69, 9.17) is 4.99 Å². The van der Waals surface area contributed by atoms with Crippen LogP contribution in [-0.2, 0) is 39.3 Å². The molecular weight excluding hydrogens is 297 g/mol. The molecular formula is C15H21N2Y-. The van der Waals surface area contributed by atoms with Crippen molar-refractivity contribution < 1.29 is 32.7 Å². The molecule has 0 aromatic heterocycles. The van der Waals surface area contributed by atoms with Crippen molar-refractivity contribution in [3.05, 3.63) is 40.7 Å². The predicted molar refractivity (Wildman–Crippen MR) is 73.8 cm³/mol. The maximum Gasteiger partial charge on any atom is 0.0649 e. The molecule has 0 spiro atoms. The van der Waals surface area contributed by atoms with Crippen LogP contribution in [0.4, 0.5) is 0 Å². The first kappa shape index (κ1) is 16.0. The molecule has 1 saturated heterocycles. The van der Waals surface area contributed by atoms with Crippen LogP contribution in [0.1, 0.15) is 37.8 Å². The number of benzene rings is 1. The molecule has 3 rings (SSSR count). The third kappa shape index (κ3) is 3.49. The van der Waals surface area contributed by atoms with Gasteiger partial charge in [0.05, 0.1) is 6.54 Å². The number of nitrogens with zero attached hydrogens (tertiary/aromatic N) is 2. The summed E-state index contributed by atoms with van der Waals surface area (Å²) in [6.07, 6.45) is 2.38. The molecule has 0 aliphatic carbocycles. The van der Waals surface area contributed by atoms with Gasteiger partial charge in [-0.2, -0.15) is 0 Å². The number of hydrogen-bond donors (Lipinski definition) is 0. The molecule has 0 atom stereocenters. The van der Waals surface area contributed by atoms with E-state index in [-0.39, 0.29) is 32.7 Å². The Labute approximate surface area is 136 Å². The van der Waals surface area contributed by atoms with Crippen molar-refractivity contribution in [1.82, 2.24) is 0 Å². The van der Waals surface area contributed by atoms with E-state index in [9.17, 15) is 0 Å². The summed E-state index contributed by atoms with van der Waals surface area (Å²) in [5, 5.41) is 4.40. The molecule has 0 saturated carbocycles. The van der Waals surface area contributed by atoms with E-state index in [1.54, 1.807) is 0 Å². The summed E-state index contributed by atoms with van der Waals surface area (Å²) >= 11 is 0. The van der Waals surface area contributed by atoms with E-state index in [0.717, 1.165) is 19.6 Å². The van der Waals surface area contributed by atoms with E-state index in [0.29, 0.717) is 5.92 Å². The Bertz CT molecular complexity index is 395. The van der Waals surface area contributed by atoms with Gasteiger partial charge in [-0.25, -0.2) is 0 Å². The second-order valence-electron chi connectivity index (χ2n) is 4.30. The summed E-state index contributed by atoms with van der Waals surface area (Å²) in [5.74, 6) is 0.658. The number of aliphatic imine (C=N–C) groups is 1. The van der Waals surface area contributed by atoms with Crippen LogP contribution in [0.15, 0.2) is 29.3 Å². The van der Waals surface area contributed by atoms with Gasteiger partial charge in [0.1, 0.15) is 0 Å². The molecule has 0 bridgehead atoms. The van der Waals surface area contributed by atoms with Crippen LogP contribution >= 0.6 is 0 Å². The minimum absolute atomic E-state index is 0. The first-order valence-corrected chi connectivity index (χ1v) is 6.71. The van der Waals surface area contributed by atoms with E-state index in [2.05, 4.69) is 29.6 Å². The Balaban J connectivity index is 0.000000516. The zero-order valence-electron chi connectivity index (χ0n) is 11.4. The molecule has 1 aromatic carbocycles. The van der Waals surface area contributed by atoms with Crippen molar-refractivity contribution in [2.75, 3.05) is 13.1 Å². The van der Waals surface area contributed by atoms with E-state index < -0.39 is 0 Å². The first-order chi connectivity index (χ1) is 8.45. The normalized spacial score (nSPS) is 18.0. The van der Waals surface area contributed by atoms with E-state index >= 15 is 0 Å². The van der Waals surface area contributed by atoms with Gasteiger partial charge in [0.2, 0.25) is 0 Å². The molecule has 1 radical (unpaired) electrons. The van der Waals surface area contributed by atoms with Crippen molar-refractivity contribution >= 4 is 5.71 Å². The van der Waals surface area contributed by atoms with Crippen molar-refractivity contribution in [2.45, 2.75) is 33.2 Å². The first-order valence-electron chi connectivity index (χ1n) is 6.71. The monoisotopic (exact) mass is 318 g/mol. The third-order valence-corrected chi connectivity index (χ3v) is 3.37. The zero-order valence-corrected chi connectivity index (χ0v) is 14.2. The molecule has 1 aromatic rings. The van der Waals surface area contributed by atoms with Gasteiger partial charge in [-0.05, 0) is 11.5 Å². The molecule has 2 nitrogen and oxygen atoms in total. The van der Waals surface area contributed by atoms with Gasteiger partial charge >= 0.3 is 0 Å². The summed E-state index contributed by atoms with van der Waals surface area (Å²) < 4.78 is 0. The molecule has 2 heterocycles. The Morgan fingerprint density at radius 3 is 2.50 bits per heavy atom. The Morgan fingerprint density at radius 2 is 1.78 bits per heavy atom. The quantitative estimate of drug-likeness (QED) is 0.753. The maximum absolute atomic E-state index is 4.70. The average Bonchev–Trinajstić information content (AvgIpc) is 2.86. The van der Waals surface area contributed by atoms with Gasteiger partial charge in [0.15, 0.2) is 0 Å².